The topological polar surface area (TPSA) is 106 Å². The number of nitrogens with two attached hydrogens (primary N) is 1. The van der Waals surface area contributed by atoms with Gasteiger partial charge >= 0.3 is 0 Å². The fourth-order valence-corrected chi connectivity index (χ4v) is 3.82. The van der Waals surface area contributed by atoms with Crippen molar-refractivity contribution in [2.75, 3.05) is 16.9 Å². The molecule has 0 atom stereocenters. The van der Waals surface area contributed by atoms with Crippen LogP contribution in [0.3, 0.4) is 0 Å². The van der Waals surface area contributed by atoms with Crippen LogP contribution in [0, 0.1) is 0 Å². The first-order valence-electron chi connectivity index (χ1n) is 8.55. The SMILES string of the molecule is C=C(C)C(=O)N(Cc1ccc2cc(Cl)c(N)nc2c1)c1cccnc1S(C)(=O)=O. The van der Waals surface area contributed by atoms with E-state index in [1.165, 1.54) is 11.1 Å². The van der Waals surface area contributed by atoms with Gasteiger partial charge < -0.3 is 10.6 Å². The monoisotopic (exact) mass is 430 g/mol. The Morgan fingerprint density at radius 1 is 1.28 bits per heavy atom. The van der Waals surface area contributed by atoms with E-state index < -0.39 is 15.7 Å². The summed E-state index contributed by atoms with van der Waals surface area (Å²) >= 11 is 6.01. The summed E-state index contributed by atoms with van der Waals surface area (Å²) in [7, 11) is -3.65. The molecule has 0 radical (unpaired) electrons. The van der Waals surface area contributed by atoms with Gasteiger partial charge in [0.05, 0.1) is 22.8 Å². The highest BCUT2D eigenvalue weighted by atomic mass is 35.5. The molecule has 0 saturated carbocycles. The highest BCUT2D eigenvalue weighted by Gasteiger charge is 2.24. The van der Waals surface area contributed by atoms with Crippen molar-refractivity contribution in [1.29, 1.82) is 0 Å². The Labute approximate surface area is 173 Å². The number of halogens is 1. The van der Waals surface area contributed by atoms with Crippen LogP contribution in [0.15, 0.2) is 59.8 Å². The molecule has 0 bridgehead atoms. The molecular weight excluding hydrogens is 412 g/mol. The highest BCUT2D eigenvalue weighted by molar-refractivity contribution is 7.90. The molecule has 150 valence electrons. The van der Waals surface area contributed by atoms with Gasteiger partial charge in [0.1, 0.15) is 5.82 Å². The third-order valence-electron chi connectivity index (χ3n) is 4.21. The van der Waals surface area contributed by atoms with Gasteiger partial charge in [0.2, 0.25) is 0 Å². The van der Waals surface area contributed by atoms with Crippen LogP contribution in [0.25, 0.3) is 10.9 Å². The summed E-state index contributed by atoms with van der Waals surface area (Å²) in [5.74, 6) is -0.204. The molecule has 29 heavy (non-hydrogen) atoms. The molecule has 2 N–H and O–H groups in total. The van der Waals surface area contributed by atoms with Crippen LogP contribution in [0.2, 0.25) is 5.02 Å². The van der Waals surface area contributed by atoms with Crippen molar-refractivity contribution in [2.45, 2.75) is 18.5 Å². The smallest absolute Gasteiger partial charge is 0.253 e. The first kappa shape index (κ1) is 20.8. The fourth-order valence-electron chi connectivity index (χ4n) is 2.85. The van der Waals surface area contributed by atoms with Crippen molar-refractivity contribution in [3.05, 3.63) is 65.3 Å². The Morgan fingerprint density at radius 2 is 2.00 bits per heavy atom. The predicted octanol–water partition coefficient (Wildman–Crippen LogP) is 3.38. The minimum absolute atomic E-state index is 0.0973. The second-order valence-corrected chi connectivity index (χ2v) is 8.99. The van der Waals surface area contributed by atoms with E-state index in [1.807, 2.05) is 12.1 Å². The van der Waals surface area contributed by atoms with Crippen molar-refractivity contribution in [3.63, 3.8) is 0 Å². The average Bonchev–Trinajstić information content (AvgIpc) is 2.66. The zero-order valence-corrected chi connectivity index (χ0v) is 17.5. The Balaban J connectivity index is 2.11. The maximum Gasteiger partial charge on any atom is 0.253 e. The lowest BCUT2D eigenvalue weighted by atomic mass is 10.1. The zero-order valence-electron chi connectivity index (χ0n) is 15.9. The van der Waals surface area contributed by atoms with Gasteiger partial charge in [-0.15, -0.1) is 0 Å². The molecule has 0 unspecified atom stereocenters. The zero-order chi connectivity index (χ0) is 21.3. The van der Waals surface area contributed by atoms with Crippen LogP contribution in [0.5, 0.6) is 0 Å². The number of nitrogens with zero attached hydrogens (tertiary/aromatic N) is 3. The summed E-state index contributed by atoms with van der Waals surface area (Å²) in [6, 6.07) is 10.2. The first-order valence-corrected chi connectivity index (χ1v) is 10.8. The Bertz CT molecular complexity index is 1240. The number of hydrogen-bond acceptors (Lipinski definition) is 6. The standard InChI is InChI=1S/C20H19ClN4O3S/c1-12(2)20(26)25(17-5-4-8-23-19(17)29(3,27)28)11-13-6-7-14-10-15(21)18(22)24-16(14)9-13/h4-10H,1,11H2,2-3H3,(H2,22,24). The summed E-state index contributed by atoms with van der Waals surface area (Å²) in [4.78, 5) is 22.4. The van der Waals surface area contributed by atoms with E-state index in [2.05, 4.69) is 16.5 Å². The number of amides is 1. The number of pyridine rings is 2. The minimum atomic E-state index is -3.65. The Kier molecular flexibility index (Phi) is 5.59. The van der Waals surface area contributed by atoms with Crippen LogP contribution in [-0.4, -0.2) is 30.5 Å². The molecule has 1 aromatic carbocycles. The quantitative estimate of drug-likeness (QED) is 0.622. The third-order valence-corrected chi connectivity index (χ3v) is 5.53. The number of carbonyl (C=O) groups excluding carboxylic acids is 1. The molecule has 0 aliphatic carbocycles. The lowest BCUT2D eigenvalue weighted by Crippen LogP contribution is -2.32. The summed E-state index contributed by atoms with van der Waals surface area (Å²) in [6.45, 7) is 5.36. The van der Waals surface area contributed by atoms with Gasteiger partial charge in [-0.1, -0.05) is 30.3 Å². The number of anilines is 2. The van der Waals surface area contributed by atoms with Gasteiger partial charge in [-0.25, -0.2) is 18.4 Å². The molecule has 7 nitrogen and oxygen atoms in total. The lowest BCUT2D eigenvalue weighted by molar-refractivity contribution is -0.115. The average molecular weight is 431 g/mol. The molecule has 1 amide bonds. The minimum Gasteiger partial charge on any atom is -0.382 e. The first-order chi connectivity index (χ1) is 13.6. The number of nitrogen functional groups attached to an aromatic ring is 1. The van der Waals surface area contributed by atoms with Gasteiger partial charge in [-0.3, -0.25) is 4.79 Å². The highest BCUT2D eigenvalue weighted by Crippen LogP contribution is 2.28. The van der Waals surface area contributed by atoms with Gasteiger partial charge in [-0.05, 0) is 36.8 Å². The van der Waals surface area contributed by atoms with Gasteiger partial charge in [-0.2, -0.15) is 0 Å². The largest absolute Gasteiger partial charge is 0.382 e. The van der Waals surface area contributed by atoms with Crippen molar-refractivity contribution < 1.29 is 13.2 Å². The van der Waals surface area contributed by atoms with Crippen molar-refractivity contribution in [1.82, 2.24) is 9.97 Å². The van der Waals surface area contributed by atoms with E-state index in [0.29, 0.717) is 10.5 Å². The molecule has 0 aliphatic heterocycles. The molecular formula is C20H19ClN4O3S. The number of aromatic nitrogens is 2. The van der Waals surface area contributed by atoms with Crippen molar-refractivity contribution >= 4 is 49.8 Å². The number of benzene rings is 1. The van der Waals surface area contributed by atoms with E-state index in [0.717, 1.165) is 17.2 Å². The van der Waals surface area contributed by atoms with E-state index in [-0.39, 0.29) is 28.6 Å². The van der Waals surface area contributed by atoms with Crippen LogP contribution >= 0.6 is 11.6 Å². The fraction of sp³-hybridized carbons (Fsp3) is 0.150. The van der Waals surface area contributed by atoms with Crippen LogP contribution in [-0.2, 0) is 21.2 Å². The molecule has 2 heterocycles. The predicted molar refractivity (Wildman–Crippen MR) is 115 cm³/mol. The van der Waals surface area contributed by atoms with E-state index in [1.54, 1.807) is 31.2 Å². The summed E-state index contributed by atoms with van der Waals surface area (Å²) in [6.07, 6.45) is 2.42. The third kappa shape index (κ3) is 4.38. The Hall–Kier alpha value is -2.97. The van der Waals surface area contributed by atoms with Gasteiger partial charge in [0, 0.05) is 23.4 Å². The van der Waals surface area contributed by atoms with Crippen LogP contribution < -0.4 is 10.6 Å². The lowest BCUT2D eigenvalue weighted by Gasteiger charge is -2.24. The number of sulfone groups is 1. The summed E-state index contributed by atoms with van der Waals surface area (Å²) in [5, 5.41) is 0.978. The molecule has 0 aliphatic rings. The number of carbonyl (C=O) groups is 1. The normalized spacial score (nSPS) is 11.4. The number of rotatable bonds is 5. The van der Waals surface area contributed by atoms with Crippen LogP contribution in [0.1, 0.15) is 12.5 Å². The molecule has 3 rings (SSSR count). The number of fused-ring (bicyclic) bond motifs is 1. The van der Waals surface area contributed by atoms with Crippen molar-refractivity contribution in [3.8, 4) is 0 Å². The molecule has 0 fully saturated rings. The van der Waals surface area contributed by atoms with Crippen LogP contribution in [0.4, 0.5) is 11.5 Å². The van der Waals surface area contributed by atoms with E-state index >= 15 is 0 Å². The van der Waals surface area contributed by atoms with Crippen molar-refractivity contribution in [2.24, 2.45) is 0 Å². The second kappa shape index (κ2) is 7.81. The molecule has 2 aromatic heterocycles. The molecule has 0 saturated heterocycles. The summed E-state index contributed by atoms with van der Waals surface area (Å²) in [5.41, 5.74) is 7.58. The summed E-state index contributed by atoms with van der Waals surface area (Å²) < 4.78 is 24.4. The molecule has 0 spiro atoms. The second-order valence-electron chi connectivity index (χ2n) is 6.65. The van der Waals surface area contributed by atoms with Gasteiger partial charge in [0.15, 0.2) is 14.9 Å². The van der Waals surface area contributed by atoms with E-state index in [9.17, 15) is 13.2 Å². The van der Waals surface area contributed by atoms with Gasteiger partial charge in [0.25, 0.3) is 5.91 Å². The molecule has 9 heteroatoms. The number of hydrogen-bond donors (Lipinski definition) is 1. The maximum absolute atomic E-state index is 12.8. The Morgan fingerprint density at radius 3 is 2.66 bits per heavy atom. The van der Waals surface area contributed by atoms with E-state index in [4.69, 9.17) is 17.3 Å². The molecule has 3 aromatic rings. The maximum atomic E-state index is 12.8.